The summed E-state index contributed by atoms with van der Waals surface area (Å²) in [6.45, 7) is 0. The van der Waals surface area contributed by atoms with E-state index in [0.29, 0.717) is 0 Å². The van der Waals surface area contributed by atoms with Crippen LogP contribution in [0, 0.1) is 11.6 Å². The Hall–Kier alpha value is -3.54. The molecule has 0 fully saturated rings. The summed E-state index contributed by atoms with van der Waals surface area (Å²) in [6.07, 6.45) is 0. The molecular formula is C20H12F2O4. The number of benzene rings is 3. The number of carboxylic acid groups (broad SMARTS) is 2. The second-order valence-electron chi connectivity index (χ2n) is 5.48. The Morgan fingerprint density at radius 3 is 1.27 bits per heavy atom. The largest absolute Gasteiger partial charge is 0.478 e. The molecule has 2 N–H and O–H groups in total. The summed E-state index contributed by atoms with van der Waals surface area (Å²) >= 11 is 0. The standard InChI is InChI=1S/C20H12F2O4/c21-15-7-3-1-5-11(15)17-13(19(23)24)9-10-14(20(25)26)18(17)12-6-2-4-8-16(12)22/h1-10H,(H,23,24)(H,25,26). The molecule has 0 aliphatic carbocycles. The molecule has 0 spiro atoms. The molecule has 3 rings (SSSR count). The van der Waals surface area contributed by atoms with Gasteiger partial charge < -0.3 is 10.2 Å². The van der Waals surface area contributed by atoms with Crippen molar-refractivity contribution in [1.82, 2.24) is 0 Å². The Morgan fingerprint density at radius 1 is 0.615 bits per heavy atom. The van der Waals surface area contributed by atoms with Crippen LogP contribution >= 0.6 is 0 Å². The molecule has 4 nitrogen and oxygen atoms in total. The summed E-state index contributed by atoms with van der Waals surface area (Å²) < 4.78 is 28.8. The zero-order valence-corrected chi connectivity index (χ0v) is 13.2. The van der Waals surface area contributed by atoms with Gasteiger partial charge in [0.2, 0.25) is 0 Å². The van der Waals surface area contributed by atoms with E-state index in [1.54, 1.807) is 0 Å². The van der Waals surface area contributed by atoms with Gasteiger partial charge in [-0.05, 0) is 24.3 Å². The Kier molecular flexibility index (Phi) is 4.49. The molecule has 26 heavy (non-hydrogen) atoms. The first-order chi connectivity index (χ1) is 12.4. The van der Waals surface area contributed by atoms with Crippen molar-refractivity contribution in [3.05, 3.63) is 83.4 Å². The van der Waals surface area contributed by atoms with E-state index in [4.69, 9.17) is 0 Å². The van der Waals surface area contributed by atoms with Gasteiger partial charge in [0, 0.05) is 22.3 Å². The lowest BCUT2D eigenvalue weighted by Crippen LogP contribution is -2.08. The highest BCUT2D eigenvalue weighted by atomic mass is 19.1. The number of hydrogen-bond acceptors (Lipinski definition) is 2. The fourth-order valence-electron chi connectivity index (χ4n) is 2.85. The maximum Gasteiger partial charge on any atom is 0.336 e. The van der Waals surface area contributed by atoms with Gasteiger partial charge in [-0.15, -0.1) is 0 Å². The van der Waals surface area contributed by atoms with Crippen LogP contribution in [0.4, 0.5) is 8.78 Å². The van der Waals surface area contributed by atoms with E-state index in [-0.39, 0.29) is 33.4 Å². The van der Waals surface area contributed by atoms with Crippen molar-refractivity contribution >= 4 is 11.9 Å². The number of aromatic carboxylic acids is 2. The topological polar surface area (TPSA) is 74.6 Å². The van der Waals surface area contributed by atoms with Gasteiger partial charge in [0.1, 0.15) is 11.6 Å². The number of carbonyl (C=O) groups is 2. The summed E-state index contributed by atoms with van der Waals surface area (Å²) in [5.74, 6) is -4.24. The Labute approximate surface area is 147 Å². The molecule has 0 aromatic heterocycles. The monoisotopic (exact) mass is 354 g/mol. The third-order valence-corrected chi connectivity index (χ3v) is 3.95. The van der Waals surface area contributed by atoms with Crippen molar-refractivity contribution < 1.29 is 28.6 Å². The lowest BCUT2D eigenvalue weighted by molar-refractivity contribution is 0.0682. The third kappa shape index (κ3) is 2.93. The molecule has 0 radical (unpaired) electrons. The van der Waals surface area contributed by atoms with E-state index in [1.807, 2.05) is 0 Å². The van der Waals surface area contributed by atoms with Crippen molar-refractivity contribution in [1.29, 1.82) is 0 Å². The van der Waals surface area contributed by atoms with E-state index in [9.17, 15) is 28.6 Å². The van der Waals surface area contributed by atoms with Crippen LogP contribution in [0.1, 0.15) is 20.7 Å². The molecule has 0 saturated heterocycles. The van der Waals surface area contributed by atoms with Crippen LogP contribution < -0.4 is 0 Å². The van der Waals surface area contributed by atoms with Gasteiger partial charge in [0.15, 0.2) is 0 Å². The number of hydrogen-bond donors (Lipinski definition) is 2. The molecule has 0 heterocycles. The van der Waals surface area contributed by atoms with Crippen LogP contribution in [0.3, 0.4) is 0 Å². The molecule has 0 unspecified atom stereocenters. The van der Waals surface area contributed by atoms with Crippen molar-refractivity contribution in [2.45, 2.75) is 0 Å². The fourth-order valence-corrected chi connectivity index (χ4v) is 2.85. The number of rotatable bonds is 4. The average molecular weight is 354 g/mol. The lowest BCUT2D eigenvalue weighted by atomic mass is 9.86. The quantitative estimate of drug-likeness (QED) is 0.712. The van der Waals surface area contributed by atoms with E-state index in [0.717, 1.165) is 24.3 Å². The summed E-state index contributed by atoms with van der Waals surface area (Å²) in [5, 5.41) is 19.0. The van der Waals surface area contributed by atoms with Crippen molar-refractivity contribution in [3.8, 4) is 22.3 Å². The van der Waals surface area contributed by atoms with Crippen LogP contribution in [0.25, 0.3) is 22.3 Å². The van der Waals surface area contributed by atoms with E-state index < -0.39 is 23.6 Å². The highest BCUT2D eigenvalue weighted by Crippen LogP contribution is 2.40. The minimum absolute atomic E-state index is 0.119. The van der Waals surface area contributed by atoms with E-state index in [2.05, 4.69) is 0 Å². The van der Waals surface area contributed by atoms with Gasteiger partial charge in [0.05, 0.1) is 11.1 Å². The normalized spacial score (nSPS) is 10.5. The molecule has 0 saturated carbocycles. The Bertz CT molecular complexity index is 946. The molecule has 130 valence electrons. The first kappa shape index (κ1) is 17.3. The first-order valence-electron chi connectivity index (χ1n) is 7.55. The van der Waals surface area contributed by atoms with Gasteiger partial charge in [-0.1, -0.05) is 36.4 Å². The zero-order chi connectivity index (χ0) is 18.8. The molecule has 6 heteroatoms. The summed E-state index contributed by atoms with van der Waals surface area (Å²) in [5.41, 5.74) is -1.24. The maximum atomic E-state index is 14.4. The lowest BCUT2D eigenvalue weighted by Gasteiger charge is -2.17. The average Bonchev–Trinajstić information content (AvgIpc) is 2.61. The third-order valence-electron chi connectivity index (χ3n) is 3.95. The van der Waals surface area contributed by atoms with E-state index in [1.165, 1.54) is 36.4 Å². The number of carboxylic acids is 2. The van der Waals surface area contributed by atoms with Crippen LogP contribution in [0.15, 0.2) is 60.7 Å². The highest BCUT2D eigenvalue weighted by molar-refractivity contribution is 6.08. The van der Waals surface area contributed by atoms with Crippen LogP contribution in [-0.2, 0) is 0 Å². The van der Waals surface area contributed by atoms with Crippen molar-refractivity contribution in [2.24, 2.45) is 0 Å². The summed E-state index contributed by atoms with van der Waals surface area (Å²) in [7, 11) is 0. The highest BCUT2D eigenvalue weighted by Gasteiger charge is 2.26. The van der Waals surface area contributed by atoms with Crippen LogP contribution in [0.5, 0.6) is 0 Å². The van der Waals surface area contributed by atoms with Gasteiger partial charge >= 0.3 is 11.9 Å². The smallest absolute Gasteiger partial charge is 0.336 e. The molecule has 0 amide bonds. The van der Waals surface area contributed by atoms with Crippen molar-refractivity contribution in [2.75, 3.05) is 0 Å². The molecule has 3 aromatic carbocycles. The Balaban J connectivity index is 2.53. The predicted octanol–water partition coefficient (Wildman–Crippen LogP) is 4.70. The Morgan fingerprint density at radius 2 is 0.962 bits per heavy atom. The zero-order valence-electron chi connectivity index (χ0n) is 13.2. The molecule has 0 bridgehead atoms. The molecule has 0 aliphatic rings. The first-order valence-corrected chi connectivity index (χ1v) is 7.55. The summed E-state index contributed by atoms with van der Waals surface area (Å²) in [6, 6.07) is 12.9. The molecular weight excluding hydrogens is 342 g/mol. The molecule has 3 aromatic rings. The van der Waals surface area contributed by atoms with Crippen LogP contribution in [-0.4, -0.2) is 22.2 Å². The van der Waals surface area contributed by atoms with Gasteiger partial charge in [-0.25, -0.2) is 18.4 Å². The van der Waals surface area contributed by atoms with E-state index >= 15 is 0 Å². The second kappa shape index (κ2) is 6.76. The summed E-state index contributed by atoms with van der Waals surface area (Å²) in [4.78, 5) is 23.4. The predicted molar refractivity (Wildman–Crippen MR) is 91.1 cm³/mol. The minimum atomic E-state index is -1.38. The fraction of sp³-hybridized carbons (Fsp3) is 0. The van der Waals surface area contributed by atoms with Crippen LogP contribution in [0.2, 0.25) is 0 Å². The van der Waals surface area contributed by atoms with Gasteiger partial charge in [0.25, 0.3) is 0 Å². The van der Waals surface area contributed by atoms with Crippen molar-refractivity contribution in [3.63, 3.8) is 0 Å². The van der Waals surface area contributed by atoms with Gasteiger partial charge in [-0.3, -0.25) is 0 Å². The molecule has 0 atom stereocenters. The SMILES string of the molecule is O=C(O)c1ccc(C(=O)O)c(-c2ccccc2F)c1-c1ccccc1F. The number of halogens is 2. The minimum Gasteiger partial charge on any atom is -0.478 e. The maximum absolute atomic E-state index is 14.4. The van der Waals surface area contributed by atoms with Gasteiger partial charge in [-0.2, -0.15) is 0 Å². The second-order valence-corrected chi connectivity index (χ2v) is 5.48. The molecule has 0 aliphatic heterocycles.